The molecule has 1 aromatic heterocycles. The Bertz CT molecular complexity index is 460. The van der Waals surface area contributed by atoms with Crippen LogP contribution in [-0.2, 0) is 0 Å². The van der Waals surface area contributed by atoms with E-state index in [0.29, 0.717) is 0 Å². The van der Waals surface area contributed by atoms with Gasteiger partial charge in [0.2, 0.25) is 0 Å². The molecule has 14 heavy (non-hydrogen) atoms. The van der Waals surface area contributed by atoms with E-state index in [-0.39, 0.29) is 6.04 Å². The van der Waals surface area contributed by atoms with Gasteiger partial charge in [-0.25, -0.2) is 0 Å². The first-order valence-electron chi connectivity index (χ1n) is 4.40. The summed E-state index contributed by atoms with van der Waals surface area (Å²) < 4.78 is 0. The van der Waals surface area contributed by atoms with Crippen molar-refractivity contribution in [1.82, 2.24) is 9.97 Å². The number of fused-ring (bicyclic) bond motifs is 1. The first-order chi connectivity index (χ1) is 6.83. The van der Waals surface area contributed by atoms with Crippen molar-refractivity contribution in [3.63, 3.8) is 0 Å². The van der Waals surface area contributed by atoms with Crippen LogP contribution < -0.4 is 5.73 Å². The van der Waals surface area contributed by atoms with Crippen molar-refractivity contribution in [2.45, 2.75) is 6.04 Å². The SMILES string of the molecule is C=C[C@H](N)c1cccc2nccnc12. The molecule has 3 heteroatoms. The number of rotatable bonds is 2. The molecule has 70 valence electrons. The minimum Gasteiger partial charge on any atom is -0.321 e. The zero-order valence-electron chi connectivity index (χ0n) is 7.72. The minimum atomic E-state index is -0.185. The molecule has 2 aromatic rings. The van der Waals surface area contributed by atoms with Crippen molar-refractivity contribution in [1.29, 1.82) is 0 Å². The summed E-state index contributed by atoms with van der Waals surface area (Å²) in [6.45, 7) is 3.67. The highest BCUT2D eigenvalue weighted by molar-refractivity contribution is 5.78. The van der Waals surface area contributed by atoms with E-state index in [1.54, 1.807) is 18.5 Å². The molecule has 0 saturated heterocycles. The van der Waals surface area contributed by atoms with E-state index in [2.05, 4.69) is 16.5 Å². The van der Waals surface area contributed by atoms with Gasteiger partial charge in [-0.15, -0.1) is 6.58 Å². The van der Waals surface area contributed by atoms with Crippen LogP contribution in [0.5, 0.6) is 0 Å². The molecule has 0 aliphatic carbocycles. The van der Waals surface area contributed by atoms with Crippen molar-refractivity contribution >= 4 is 11.0 Å². The highest BCUT2D eigenvalue weighted by Gasteiger charge is 2.06. The van der Waals surface area contributed by atoms with Gasteiger partial charge in [-0.05, 0) is 6.07 Å². The van der Waals surface area contributed by atoms with Gasteiger partial charge in [0.15, 0.2) is 0 Å². The molecular formula is C11H11N3. The number of hydrogen-bond donors (Lipinski definition) is 1. The van der Waals surface area contributed by atoms with Gasteiger partial charge in [-0.3, -0.25) is 9.97 Å². The fourth-order valence-corrected chi connectivity index (χ4v) is 1.41. The highest BCUT2D eigenvalue weighted by atomic mass is 14.8. The highest BCUT2D eigenvalue weighted by Crippen LogP contribution is 2.19. The Morgan fingerprint density at radius 3 is 2.86 bits per heavy atom. The Kier molecular flexibility index (Phi) is 2.24. The normalized spacial score (nSPS) is 12.6. The molecule has 1 aromatic carbocycles. The van der Waals surface area contributed by atoms with E-state index in [0.717, 1.165) is 16.6 Å². The summed E-state index contributed by atoms with van der Waals surface area (Å²) in [7, 11) is 0. The molecule has 1 atom stereocenters. The molecule has 0 saturated carbocycles. The van der Waals surface area contributed by atoms with Crippen LogP contribution in [0, 0.1) is 0 Å². The van der Waals surface area contributed by atoms with Gasteiger partial charge in [0.1, 0.15) is 0 Å². The van der Waals surface area contributed by atoms with Crippen molar-refractivity contribution in [3.05, 3.63) is 48.8 Å². The van der Waals surface area contributed by atoms with Crippen molar-refractivity contribution < 1.29 is 0 Å². The average Bonchev–Trinajstić information content (AvgIpc) is 2.27. The van der Waals surface area contributed by atoms with Crippen LogP contribution in [0.25, 0.3) is 11.0 Å². The zero-order chi connectivity index (χ0) is 9.97. The Morgan fingerprint density at radius 2 is 2.07 bits per heavy atom. The minimum absolute atomic E-state index is 0.185. The number of benzene rings is 1. The van der Waals surface area contributed by atoms with Crippen LogP contribution in [0.2, 0.25) is 0 Å². The molecule has 0 aliphatic heterocycles. The van der Waals surface area contributed by atoms with Crippen molar-refractivity contribution in [3.8, 4) is 0 Å². The van der Waals surface area contributed by atoms with E-state index < -0.39 is 0 Å². The molecule has 3 nitrogen and oxygen atoms in total. The van der Waals surface area contributed by atoms with E-state index >= 15 is 0 Å². The predicted molar refractivity (Wildman–Crippen MR) is 56.7 cm³/mol. The number of aromatic nitrogens is 2. The first kappa shape index (κ1) is 8.84. The van der Waals surface area contributed by atoms with E-state index in [1.165, 1.54) is 0 Å². The van der Waals surface area contributed by atoms with Gasteiger partial charge in [0, 0.05) is 18.0 Å². The lowest BCUT2D eigenvalue weighted by molar-refractivity contribution is 0.919. The Balaban J connectivity index is 2.70. The first-order valence-corrected chi connectivity index (χ1v) is 4.40. The quantitative estimate of drug-likeness (QED) is 0.726. The standard InChI is InChI=1S/C11H11N3/c1-2-9(12)8-4-3-5-10-11(8)14-7-6-13-10/h2-7,9H,1,12H2/t9-/m0/s1. The molecule has 1 heterocycles. The fraction of sp³-hybridized carbons (Fsp3) is 0.0909. The summed E-state index contributed by atoms with van der Waals surface area (Å²) in [5.41, 5.74) is 8.55. The van der Waals surface area contributed by atoms with Crippen LogP contribution >= 0.6 is 0 Å². The zero-order valence-corrected chi connectivity index (χ0v) is 7.72. The third-order valence-corrected chi connectivity index (χ3v) is 2.14. The second-order valence-corrected chi connectivity index (χ2v) is 3.03. The van der Waals surface area contributed by atoms with Crippen LogP contribution in [0.1, 0.15) is 11.6 Å². The van der Waals surface area contributed by atoms with E-state index in [9.17, 15) is 0 Å². The van der Waals surface area contributed by atoms with Gasteiger partial charge >= 0.3 is 0 Å². The molecule has 0 radical (unpaired) electrons. The van der Waals surface area contributed by atoms with Crippen LogP contribution in [0.15, 0.2) is 43.2 Å². The lowest BCUT2D eigenvalue weighted by Gasteiger charge is -2.08. The number of para-hydroxylation sites is 1. The van der Waals surface area contributed by atoms with Crippen molar-refractivity contribution in [2.75, 3.05) is 0 Å². The maximum absolute atomic E-state index is 5.87. The summed E-state index contributed by atoms with van der Waals surface area (Å²) in [6, 6.07) is 5.61. The predicted octanol–water partition coefficient (Wildman–Crippen LogP) is 1.82. The third-order valence-electron chi connectivity index (χ3n) is 2.14. The summed E-state index contributed by atoms with van der Waals surface area (Å²) in [6.07, 6.45) is 5.04. The van der Waals surface area contributed by atoms with Crippen LogP contribution in [0.3, 0.4) is 0 Å². The van der Waals surface area contributed by atoms with Gasteiger partial charge < -0.3 is 5.73 Å². The molecule has 0 spiro atoms. The maximum Gasteiger partial charge on any atom is 0.0937 e. The summed E-state index contributed by atoms with van der Waals surface area (Å²) in [5.74, 6) is 0. The molecule has 0 bridgehead atoms. The summed E-state index contributed by atoms with van der Waals surface area (Å²) >= 11 is 0. The van der Waals surface area contributed by atoms with Crippen LogP contribution in [0.4, 0.5) is 0 Å². The largest absolute Gasteiger partial charge is 0.321 e. The molecule has 0 unspecified atom stereocenters. The monoisotopic (exact) mass is 185 g/mol. The Morgan fingerprint density at radius 1 is 1.29 bits per heavy atom. The second kappa shape index (κ2) is 3.55. The summed E-state index contributed by atoms with van der Waals surface area (Å²) in [4.78, 5) is 8.47. The number of hydrogen-bond acceptors (Lipinski definition) is 3. The lowest BCUT2D eigenvalue weighted by atomic mass is 10.1. The van der Waals surface area contributed by atoms with Crippen molar-refractivity contribution in [2.24, 2.45) is 5.73 Å². The lowest BCUT2D eigenvalue weighted by Crippen LogP contribution is -2.07. The maximum atomic E-state index is 5.87. The molecule has 0 fully saturated rings. The molecular weight excluding hydrogens is 174 g/mol. The van der Waals surface area contributed by atoms with Crippen LogP contribution in [-0.4, -0.2) is 9.97 Å². The van der Waals surface area contributed by atoms with Gasteiger partial charge in [0.05, 0.1) is 17.1 Å². The van der Waals surface area contributed by atoms with E-state index in [1.807, 2.05) is 18.2 Å². The molecule has 0 aliphatic rings. The van der Waals surface area contributed by atoms with E-state index in [4.69, 9.17) is 5.73 Å². The van der Waals surface area contributed by atoms with Gasteiger partial charge in [-0.2, -0.15) is 0 Å². The number of nitrogens with zero attached hydrogens (tertiary/aromatic N) is 2. The molecule has 2 N–H and O–H groups in total. The Labute approximate surface area is 82.3 Å². The topological polar surface area (TPSA) is 51.8 Å². The average molecular weight is 185 g/mol. The van der Waals surface area contributed by atoms with Gasteiger partial charge in [0.25, 0.3) is 0 Å². The second-order valence-electron chi connectivity index (χ2n) is 3.03. The molecule has 2 rings (SSSR count). The third kappa shape index (κ3) is 1.38. The molecule has 0 amide bonds. The smallest absolute Gasteiger partial charge is 0.0937 e. The Hall–Kier alpha value is -1.74. The van der Waals surface area contributed by atoms with Gasteiger partial charge in [-0.1, -0.05) is 18.2 Å². The number of nitrogens with two attached hydrogens (primary N) is 1. The summed E-state index contributed by atoms with van der Waals surface area (Å²) in [5, 5.41) is 0. The fourth-order valence-electron chi connectivity index (χ4n) is 1.41.